The second-order valence-electron chi connectivity index (χ2n) is 7.04. The summed E-state index contributed by atoms with van der Waals surface area (Å²) in [5.74, 6) is 0. The van der Waals surface area contributed by atoms with Crippen LogP contribution in [0.3, 0.4) is 0 Å². The molecule has 2 aromatic carbocycles. The average molecular weight is 322 g/mol. The molecule has 1 aliphatic heterocycles. The Balaban J connectivity index is 1.59. The van der Waals surface area contributed by atoms with Crippen LogP contribution in [0.5, 0.6) is 0 Å². The molecule has 1 heterocycles. The number of likely N-dealkylation sites (N-methyl/N-ethyl adjacent to an activating group) is 1. The lowest BCUT2D eigenvalue weighted by molar-refractivity contribution is 0.102. The Hall–Kier alpha value is -1.64. The zero-order valence-corrected chi connectivity index (χ0v) is 14.9. The van der Waals surface area contributed by atoms with Crippen LogP contribution < -0.4 is 0 Å². The van der Waals surface area contributed by atoms with Gasteiger partial charge in [-0.2, -0.15) is 0 Å². The predicted octanol–water partition coefficient (Wildman–Crippen LogP) is 3.87. The van der Waals surface area contributed by atoms with Crippen LogP contribution in [0.15, 0.2) is 60.7 Å². The summed E-state index contributed by atoms with van der Waals surface area (Å²) in [7, 11) is 2.24. The fourth-order valence-electron chi connectivity index (χ4n) is 3.65. The maximum Gasteiger partial charge on any atom is 0.0113 e. The maximum absolute atomic E-state index is 2.73. The van der Waals surface area contributed by atoms with E-state index in [0.29, 0.717) is 6.04 Å². The second kappa shape index (κ2) is 9.00. The van der Waals surface area contributed by atoms with Crippen LogP contribution >= 0.6 is 0 Å². The summed E-state index contributed by atoms with van der Waals surface area (Å²) in [6.07, 6.45) is 4.90. The maximum atomic E-state index is 2.73. The molecule has 0 amide bonds. The van der Waals surface area contributed by atoms with Crippen molar-refractivity contribution in [2.45, 2.75) is 31.7 Å². The van der Waals surface area contributed by atoms with Crippen LogP contribution in [-0.2, 0) is 12.8 Å². The molecule has 0 N–H and O–H groups in total. The standard InChI is InChI=1S/C22H30N2/c1-23-16-18-24(19-17-23)22(14-12-20-8-4-2-5-9-20)15-13-21-10-6-3-7-11-21/h2-11,22H,12-19H2,1H3. The van der Waals surface area contributed by atoms with Gasteiger partial charge in [-0.25, -0.2) is 0 Å². The van der Waals surface area contributed by atoms with E-state index in [2.05, 4.69) is 77.5 Å². The van der Waals surface area contributed by atoms with Crippen molar-refractivity contribution in [3.8, 4) is 0 Å². The Morgan fingerprint density at radius 2 is 1.17 bits per heavy atom. The third-order valence-electron chi connectivity index (χ3n) is 5.27. The molecule has 0 aliphatic carbocycles. The molecule has 3 rings (SSSR count). The largest absolute Gasteiger partial charge is 0.304 e. The van der Waals surface area contributed by atoms with E-state index in [4.69, 9.17) is 0 Å². The summed E-state index contributed by atoms with van der Waals surface area (Å²) in [5.41, 5.74) is 2.94. The molecule has 0 unspecified atom stereocenters. The summed E-state index contributed by atoms with van der Waals surface area (Å²) in [6.45, 7) is 4.83. The summed E-state index contributed by atoms with van der Waals surface area (Å²) in [4.78, 5) is 5.17. The first-order chi connectivity index (χ1) is 11.8. The third-order valence-corrected chi connectivity index (χ3v) is 5.27. The highest BCUT2D eigenvalue weighted by Crippen LogP contribution is 2.18. The summed E-state index contributed by atoms with van der Waals surface area (Å²) in [6, 6.07) is 22.6. The smallest absolute Gasteiger partial charge is 0.0113 e. The molecule has 2 aromatic rings. The Bertz CT molecular complexity index is 530. The van der Waals surface area contributed by atoms with Gasteiger partial charge in [-0.3, -0.25) is 4.90 Å². The molecule has 2 heteroatoms. The highest BCUT2D eigenvalue weighted by Gasteiger charge is 2.22. The van der Waals surface area contributed by atoms with Gasteiger partial charge in [0.15, 0.2) is 0 Å². The first-order valence-corrected chi connectivity index (χ1v) is 9.32. The lowest BCUT2D eigenvalue weighted by Gasteiger charge is -2.38. The molecule has 1 aliphatic rings. The molecule has 0 aromatic heterocycles. The molecule has 128 valence electrons. The van der Waals surface area contributed by atoms with E-state index in [0.717, 1.165) is 0 Å². The zero-order chi connectivity index (χ0) is 16.6. The Kier molecular flexibility index (Phi) is 6.45. The molecular formula is C22H30N2. The van der Waals surface area contributed by atoms with Crippen molar-refractivity contribution in [2.75, 3.05) is 33.2 Å². The molecule has 1 saturated heterocycles. The normalized spacial score (nSPS) is 16.6. The lowest BCUT2D eigenvalue weighted by Crippen LogP contribution is -2.49. The van der Waals surface area contributed by atoms with E-state index in [1.54, 1.807) is 0 Å². The third kappa shape index (κ3) is 5.19. The fourth-order valence-corrected chi connectivity index (χ4v) is 3.65. The number of nitrogens with zero attached hydrogens (tertiary/aromatic N) is 2. The quantitative estimate of drug-likeness (QED) is 0.763. The topological polar surface area (TPSA) is 6.48 Å². The number of hydrogen-bond donors (Lipinski definition) is 0. The average Bonchev–Trinajstić information content (AvgIpc) is 2.64. The van der Waals surface area contributed by atoms with Gasteiger partial charge in [-0.15, -0.1) is 0 Å². The first kappa shape index (κ1) is 17.2. The monoisotopic (exact) mass is 322 g/mol. The predicted molar refractivity (Wildman–Crippen MR) is 102 cm³/mol. The van der Waals surface area contributed by atoms with Crippen LogP contribution in [0.25, 0.3) is 0 Å². The Morgan fingerprint density at radius 1 is 0.708 bits per heavy atom. The number of aryl methyl sites for hydroxylation is 2. The van der Waals surface area contributed by atoms with Crippen LogP contribution in [0.1, 0.15) is 24.0 Å². The summed E-state index contributed by atoms with van der Waals surface area (Å²) in [5, 5.41) is 0. The van der Waals surface area contributed by atoms with Gasteiger partial charge >= 0.3 is 0 Å². The van der Waals surface area contributed by atoms with Crippen molar-refractivity contribution < 1.29 is 0 Å². The Morgan fingerprint density at radius 3 is 1.62 bits per heavy atom. The minimum Gasteiger partial charge on any atom is -0.304 e. The van der Waals surface area contributed by atoms with Gasteiger partial charge in [-0.1, -0.05) is 60.7 Å². The van der Waals surface area contributed by atoms with Gasteiger partial charge in [0.05, 0.1) is 0 Å². The lowest BCUT2D eigenvalue weighted by atomic mass is 9.97. The van der Waals surface area contributed by atoms with Crippen LogP contribution in [0, 0.1) is 0 Å². The number of hydrogen-bond acceptors (Lipinski definition) is 2. The van der Waals surface area contributed by atoms with E-state index in [1.165, 1.54) is 63.0 Å². The minimum atomic E-state index is 0.694. The van der Waals surface area contributed by atoms with Crippen molar-refractivity contribution in [1.82, 2.24) is 9.80 Å². The van der Waals surface area contributed by atoms with Gasteiger partial charge in [0.1, 0.15) is 0 Å². The van der Waals surface area contributed by atoms with E-state index in [1.807, 2.05) is 0 Å². The van der Waals surface area contributed by atoms with Gasteiger partial charge in [0.2, 0.25) is 0 Å². The van der Waals surface area contributed by atoms with Crippen molar-refractivity contribution in [1.29, 1.82) is 0 Å². The van der Waals surface area contributed by atoms with Crippen LogP contribution in [-0.4, -0.2) is 49.1 Å². The number of benzene rings is 2. The molecule has 0 atom stereocenters. The fraction of sp³-hybridized carbons (Fsp3) is 0.455. The van der Waals surface area contributed by atoms with E-state index >= 15 is 0 Å². The molecule has 0 bridgehead atoms. The van der Waals surface area contributed by atoms with Gasteiger partial charge in [-0.05, 0) is 43.9 Å². The number of piperazine rings is 1. The van der Waals surface area contributed by atoms with Crippen LogP contribution in [0.2, 0.25) is 0 Å². The highest BCUT2D eigenvalue weighted by atomic mass is 15.3. The van der Waals surface area contributed by atoms with E-state index < -0.39 is 0 Å². The molecular weight excluding hydrogens is 292 g/mol. The molecule has 24 heavy (non-hydrogen) atoms. The van der Waals surface area contributed by atoms with Crippen molar-refractivity contribution in [3.63, 3.8) is 0 Å². The summed E-state index contributed by atoms with van der Waals surface area (Å²) < 4.78 is 0. The van der Waals surface area contributed by atoms with Crippen molar-refractivity contribution >= 4 is 0 Å². The second-order valence-corrected chi connectivity index (χ2v) is 7.04. The van der Waals surface area contributed by atoms with Crippen molar-refractivity contribution in [3.05, 3.63) is 71.8 Å². The number of rotatable bonds is 7. The molecule has 0 spiro atoms. The molecule has 1 fully saturated rings. The van der Waals surface area contributed by atoms with E-state index in [9.17, 15) is 0 Å². The van der Waals surface area contributed by atoms with Gasteiger partial charge in [0, 0.05) is 32.2 Å². The first-order valence-electron chi connectivity index (χ1n) is 9.32. The van der Waals surface area contributed by atoms with Crippen LogP contribution in [0.4, 0.5) is 0 Å². The highest BCUT2D eigenvalue weighted by molar-refractivity contribution is 5.16. The SMILES string of the molecule is CN1CCN(C(CCc2ccccc2)CCc2ccccc2)CC1. The molecule has 0 saturated carbocycles. The molecule has 2 nitrogen and oxygen atoms in total. The zero-order valence-electron chi connectivity index (χ0n) is 14.9. The molecule has 0 radical (unpaired) electrons. The van der Waals surface area contributed by atoms with Crippen molar-refractivity contribution in [2.24, 2.45) is 0 Å². The van der Waals surface area contributed by atoms with Gasteiger partial charge in [0.25, 0.3) is 0 Å². The van der Waals surface area contributed by atoms with Gasteiger partial charge < -0.3 is 4.90 Å². The van der Waals surface area contributed by atoms with E-state index in [-0.39, 0.29) is 0 Å². The minimum absolute atomic E-state index is 0.694. The summed E-state index contributed by atoms with van der Waals surface area (Å²) >= 11 is 0. The Labute approximate surface area is 147 Å².